The maximum absolute atomic E-state index is 14.2. The van der Waals surface area contributed by atoms with E-state index in [0.29, 0.717) is 17.5 Å². The Balaban J connectivity index is 1.82. The van der Waals surface area contributed by atoms with Crippen LogP contribution >= 0.6 is 0 Å². The molecule has 2 aliphatic rings. The molecule has 0 spiro atoms. The Labute approximate surface area is 126 Å². The van der Waals surface area contributed by atoms with Gasteiger partial charge in [0.25, 0.3) is 0 Å². The molecule has 21 heavy (non-hydrogen) atoms. The van der Waals surface area contributed by atoms with E-state index < -0.39 is 11.6 Å². The van der Waals surface area contributed by atoms with E-state index in [1.54, 1.807) is 12.1 Å². The van der Waals surface area contributed by atoms with Gasteiger partial charge in [-0.1, -0.05) is 26.0 Å². The lowest BCUT2D eigenvalue weighted by Crippen LogP contribution is -2.36. The fourth-order valence-corrected chi connectivity index (χ4v) is 3.66. The van der Waals surface area contributed by atoms with E-state index >= 15 is 0 Å². The molecular formula is C18H25F2N. The second-order valence-electron chi connectivity index (χ2n) is 7.60. The second kappa shape index (κ2) is 5.68. The van der Waals surface area contributed by atoms with Gasteiger partial charge in [-0.3, -0.25) is 0 Å². The Morgan fingerprint density at radius 1 is 1.19 bits per heavy atom. The minimum Gasteiger partial charge on any atom is -0.314 e. The molecule has 2 atom stereocenters. The Hall–Kier alpha value is -0.960. The Bertz CT molecular complexity index is 506. The maximum atomic E-state index is 14.2. The van der Waals surface area contributed by atoms with Crippen molar-refractivity contribution in [3.05, 3.63) is 35.4 Å². The monoisotopic (exact) mass is 293 g/mol. The van der Waals surface area contributed by atoms with E-state index in [-0.39, 0.29) is 11.3 Å². The first-order valence-corrected chi connectivity index (χ1v) is 8.13. The van der Waals surface area contributed by atoms with Crippen LogP contribution in [-0.4, -0.2) is 12.6 Å². The van der Waals surface area contributed by atoms with Crippen LogP contribution in [0, 0.1) is 23.0 Å². The lowest BCUT2D eigenvalue weighted by Gasteiger charge is -2.41. The molecule has 0 aliphatic heterocycles. The summed E-state index contributed by atoms with van der Waals surface area (Å²) >= 11 is 0. The third kappa shape index (κ3) is 3.45. The number of hydrogen-bond donors (Lipinski definition) is 1. The highest BCUT2D eigenvalue weighted by molar-refractivity contribution is 5.25. The largest absolute Gasteiger partial charge is 0.314 e. The first-order valence-electron chi connectivity index (χ1n) is 8.13. The average molecular weight is 293 g/mol. The molecule has 1 N–H and O–H groups in total. The SMILES string of the molecule is CC1(C)CCC(CNC2CC2)C(c2cccc(F)c2F)C1. The van der Waals surface area contributed by atoms with Crippen LogP contribution in [0.2, 0.25) is 0 Å². The van der Waals surface area contributed by atoms with Gasteiger partial charge in [0.15, 0.2) is 11.6 Å². The summed E-state index contributed by atoms with van der Waals surface area (Å²) in [5.41, 5.74) is 0.782. The van der Waals surface area contributed by atoms with E-state index in [1.807, 2.05) is 0 Å². The topological polar surface area (TPSA) is 12.0 Å². The molecule has 116 valence electrons. The van der Waals surface area contributed by atoms with Crippen molar-refractivity contribution in [1.82, 2.24) is 5.32 Å². The molecule has 0 aromatic heterocycles. The van der Waals surface area contributed by atoms with Crippen molar-refractivity contribution in [2.24, 2.45) is 11.3 Å². The first kappa shape index (κ1) is 15.0. The van der Waals surface area contributed by atoms with Crippen molar-refractivity contribution in [2.45, 2.75) is 57.9 Å². The van der Waals surface area contributed by atoms with Gasteiger partial charge in [0.05, 0.1) is 0 Å². The minimum atomic E-state index is -0.718. The van der Waals surface area contributed by atoms with Crippen molar-refractivity contribution in [1.29, 1.82) is 0 Å². The summed E-state index contributed by atoms with van der Waals surface area (Å²) in [7, 11) is 0. The quantitative estimate of drug-likeness (QED) is 0.853. The third-order valence-corrected chi connectivity index (χ3v) is 5.16. The summed E-state index contributed by atoms with van der Waals surface area (Å²) in [5, 5.41) is 3.57. The molecule has 0 saturated heterocycles. The van der Waals surface area contributed by atoms with Crippen molar-refractivity contribution in [3.63, 3.8) is 0 Å². The second-order valence-corrected chi connectivity index (χ2v) is 7.60. The molecule has 0 radical (unpaired) electrons. The summed E-state index contributed by atoms with van der Waals surface area (Å²) in [6, 6.07) is 5.29. The molecule has 3 heteroatoms. The summed E-state index contributed by atoms with van der Waals surface area (Å²) in [6.45, 7) is 5.41. The molecular weight excluding hydrogens is 268 g/mol. The van der Waals surface area contributed by atoms with Gasteiger partial charge in [0.1, 0.15) is 0 Å². The zero-order chi connectivity index (χ0) is 15.0. The van der Waals surface area contributed by atoms with Gasteiger partial charge in [0, 0.05) is 6.04 Å². The minimum absolute atomic E-state index is 0.121. The van der Waals surface area contributed by atoms with Crippen LogP contribution in [0.4, 0.5) is 8.78 Å². The third-order valence-electron chi connectivity index (χ3n) is 5.16. The zero-order valence-corrected chi connectivity index (χ0v) is 13.0. The van der Waals surface area contributed by atoms with E-state index in [1.165, 1.54) is 18.9 Å². The summed E-state index contributed by atoms with van der Waals surface area (Å²) in [4.78, 5) is 0. The van der Waals surface area contributed by atoms with Gasteiger partial charge >= 0.3 is 0 Å². The van der Waals surface area contributed by atoms with Gasteiger partial charge in [-0.05, 0) is 67.5 Å². The van der Waals surface area contributed by atoms with E-state index in [2.05, 4.69) is 19.2 Å². The Kier molecular flexibility index (Phi) is 4.04. The summed E-state index contributed by atoms with van der Waals surface area (Å²) in [6.07, 6.45) is 5.71. The fourth-order valence-electron chi connectivity index (χ4n) is 3.66. The molecule has 0 heterocycles. The Morgan fingerprint density at radius 3 is 2.67 bits per heavy atom. The van der Waals surface area contributed by atoms with E-state index in [4.69, 9.17) is 0 Å². The molecule has 3 rings (SSSR count). The van der Waals surface area contributed by atoms with E-state index in [0.717, 1.165) is 25.8 Å². The highest BCUT2D eigenvalue weighted by Gasteiger charge is 2.37. The van der Waals surface area contributed by atoms with Gasteiger partial charge in [-0.15, -0.1) is 0 Å². The van der Waals surface area contributed by atoms with Crippen molar-refractivity contribution >= 4 is 0 Å². The number of nitrogens with one attached hydrogen (secondary N) is 1. The first-order chi connectivity index (χ1) is 9.96. The number of halogens is 2. The molecule has 2 aliphatic carbocycles. The normalized spacial score (nSPS) is 28.6. The molecule has 1 aromatic carbocycles. The van der Waals surface area contributed by atoms with Crippen LogP contribution in [0.25, 0.3) is 0 Å². The predicted octanol–water partition coefficient (Wildman–Crippen LogP) is 4.63. The molecule has 0 amide bonds. The van der Waals surface area contributed by atoms with Crippen LogP contribution in [-0.2, 0) is 0 Å². The lowest BCUT2D eigenvalue weighted by atomic mass is 9.65. The molecule has 2 saturated carbocycles. The molecule has 1 nitrogen and oxygen atoms in total. The molecule has 0 bridgehead atoms. The average Bonchev–Trinajstić information content (AvgIpc) is 3.24. The van der Waals surface area contributed by atoms with Crippen LogP contribution < -0.4 is 5.32 Å². The lowest BCUT2D eigenvalue weighted by molar-refractivity contribution is 0.156. The molecule has 2 unspecified atom stereocenters. The van der Waals surface area contributed by atoms with Crippen LogP contribution in [0.3, 0.4) is 0 Å². The smallest absolute Gasteiger partial charge is 0.162 e. The summed E-state index contributed by atoms with van der Waals surface area (Å²) in [5.74, 6) is -0.827. The summed E-state index contributed by atoms with van der Waals surface area (Å²) < 4.78 is 27.8. The highest BCUT2D eigenvalue weighted by Crippen LogP contribution is 2.47. The van der Waals surface area contributed by atoms with Gasteiger partial charge in [-0.2, -0.15) is 0 Å². The van der Waals surface area contributed by atoms with E-state index in [9.17, 15) is 8.78 Å². The van der Waals surface area contributed by atoms with Crippen LogP contribution in [0.1, 0.15) is 57.4 Å². The van der Waals surface area contributed by atoms with Gasteiger partial charge < -0.3 is 5.32 Å². The van der Waals surface area contributed by atoms with Crippen molar-refractivity contribution < 1.29 is 8.78 Å². The molecule has 1 aromatic rings. The van der Waals surface area contributed by atoms with Crippen molar-refractivity contribution in [2.75, 3.05) is 6.54 Å². The number of benzene rings is 1. The van der Waals surface area contributed by atoms with Crippen molar-refractivity contribution in [3.8, 4) is 0 Å². The van der Waals surface area contributed by atoms with Gasteiger partial charge in [0.2, 0.25) is 0 Å². The van der Waals surface area contributed by atoms with Gasteiger partial charge in [-0.25, -0.2) is 8.78 Å². The zero-order valence-electron chi connectivity index (χ0n) is 13.0. The predicted molar refractivity (Wildman–Crippen MR) is 81.2 cm³/mol. The standard InChI is InChI=1S/C18H25F2N/c1-18(2)9-8-12(11-21-13-6-7-13)15(10-18)14-4-3-5-16(19)17(14)20/h3-5,12-13,15,21H,6-11H2,1-2H3. The number of rotatable bonds is 4. The Morgan fingerprint density at radius 2 is 1.95 bits per heavy atom. The highest BCUT2D eigenvalue weighted by atomic mass is 19.2. The molecule has 2 fully saturated rings. The maximum Gasteiger partial charge on any atom is 0.162 e. The van der Waals surface area contributed by atoms with Crippen LogP contribution in [0.15, 0.2) is 18.2 Å². The fraction of sp³-hybridized carbons (Fsp3) is 0.667. The van der Waals surface area contributed by atoms with Crippen LogP contribution in [0.5, 0.6) is 0 Å². The number of hydrogen-bond acceptors (Lipinski definition) is 1.